The van der Waals surface area contributed by atoms with Gasteiger partial charge >= 0.3 is 0 Å². The van der Waals surface area contributed by atoms with E-state index in [4.69, 9.17) is 19.4 Å². The largest absolute Gasteiger partial charge is 0.455 e. The zero-order valence-corrected chi connectivity index (χ0v) is 33.5. The SMILES string of the molecule is c1ccc(-c2cccc(-c3ccc(-c4nc(-c5ccccc5)nc(-c5cccc6c5oc5cccc(-c7ccccc7-n7c8ccccc8c8ccccc87)c56)n4)cc3)c2)cc1. The molecule has 0 saturated carbocycles. The Morgan fingerprint density at radius 1 is 0.323 bits per heavy atom. The number of hydrogen-bond acceptors (Lipinski definition) is 4. The van der Waals surface area contributed by atoms with Gasteiger partial charge in [0.05, 0.1) is 22.3 Å². The molecule has 0 spiro atoms. The fourth-order valence-electron chi connectivity index (χ4n) is 8.99. The molecule has 62 heavy (non-hydrogen) atoms. The molecule has 0 amide bonds. The summed E-state index contributed by atoms with van der Waals surface area (Å²) in [6.07, 6.45) is 0. The Labute approximate surface area is 357 Å². The molecule has 0 aliphatic carbocycles. The molecule has 0 aliphatic rings. The van der Waals surface area contributed by atoms with E-state index in [0.29, 0.717) is 17.5 Å². The van der Waals surface area contributed by atoms with E-state index < -0.39 is 0 Å². The van der Waals surface area contributed by atoms with E-state index in [9.17, 15) is 0 Å². The van der Waals surface area contributed by atoms with E-state index >= 15 is 0 Å². The van der Waals surface area contributed by atoms with Gasteiger partial charge < -0.3 is 8.98 Å². The molecule has 0 fully saturated rings. The zero-order chi connectivity index (χ0) is 41.0. The summed E-state index contributed by atoms with van der Waals surface area (Å²) in [6.45, 7) is 0. The van der Waals surface area contributed by atoms with Crippen LogP contribution in [-0.4, -0.2) is 19.5 Å². The molecular formula is C57H36N4O. The van der Waals surface area contributed by atoms with Crippen molar-refractivity contribution in [2.45, 2.75) is 0 Å². The summed E-state index contributed by atoms with van der Waals surface area (Å²) in [6, 6.07) is 76.3. The molecule has 9 aromatic carbocycles. The standard InChI is InChI=1S/C57H36N4O/c1-3-16-37(17-4-1)41-20-13-21-42(36-41)38-32-34-40(35-33-38)56-58-55(39-18-5-2-6-19-39)59-57(60-56)48-27-14-26-47-53-46(25-15-31-52(53)62-54(47)48)45-24-9-12-30-51(45)61-49-28-10-7-22-43(49)44-23-8-11-29-50(44)61/h1-36H. The van der Waals surface area contributed by atoms with Crippen LogP contribution >= 0.6 is 0 Å². The molecule has 3 heterocycles. The highest BCUT2D eigenvalue weighted by Crippen LogP contribution is 2.43. The number of rotatable bonds is 7. The summed E-state index contributed by atoms with van der Waals surface area (Å²) in [4.78, 5) is 15.4. The first-order valence-corrected chi connectivity index (χ1v) is 20.9. The number of fused-ring (bicyclic) bond motifs is 6. The van der Waals surface area contributed by atoms with Crippen LogP contribution in [0.1, 0.15) is 0 Å². The van der Waals surface area contributed by atoms with E-state index in [2.05, 4.69) is 180 Å². The Balaban J connectivity index is 0.997. The minimum Gasteiger partial charge on any atom is -0.455 e. The molecule has 5 heteroatoms. The Morgan fingerprint density at radius 2 is 0.790 bits per heavy atom. The summed E-state index contributed by atoms with van der Waals surface area (Å²) < 4.78 is 9.25. The summed E-state index contributed by atoms with van der Waals surface area (Å²) in [5.41, 5.74) is 14.4. The lowest BCUT2D eigenvalue weighted by Gasteiger charge is -2.14. The van der Waals surface area contributed by atoms with Crippen molar-refractivity contribution in [3.05, 3.63) is 218 Å². The number of nitrogens with zero attached hydrogens (tertiary/aromatic N) is 4. The van der Waals surface area contributed by atoms with Crippen molar-refractivity contribution in [1.29, 1.82) is 0 Å². The lowest BCUT2D eigenvalue weighted by Crippen LogP contribution is -2.00. The van der Waals surface area contributed by atoms with Gasteiger partial charge in [0.15, 0.2) is 17.5 Å². The highest BCUT2D eigenvalue weighted by atomic mass is 16.3. The van der Waals surface area contributed by atoms with E-state index in [0.717, 1.165) is 66.6 Å². The Morgan fingerprint density at radius 3 is 1.50 bits per heavy atom. The van der Waals surface area contributed by atoms with Crippen molar-refractivity contribution in [2.75, 3.05) is 0 Å². The van der Waals surface area contributed by atoms with E-state index in [-0.39, 0.29) is 0 Å². The van der Waals surface area contributed by atoms with Crippen LogP contribution in [0.3, 0.4) is 0 Å². The first-order valence-electron chi connectivity index (χ1n) is 20.9. The molecule has 0 saturated heterocycles. The smallest absolute Gasteiger partial charge is 0.167 e. The summed E-state index contributed by atoms with van der Waals surface area (Å²) in [5.74, 6) is 1.73. The van der Waals surface area contributed by atoms with Crippen molar-refractivity contribution in [1.82, 2.24) is 19.5 Å². The average Bonchev–Trinajstić information content (AvgIpc) is 3.91. The Bertz CT molecular complexity index is 3570. The Hall–Kier alpha value is -8.41. The monoisotopic (exact) mass is 792 g/mol. The van der Waals surface area contributed by atoms with Gasteiger partial charge in [-0.05, 0) is 64.2 Å². The minimum absolute atomic E-state index is 0.547. The molecule has 12 rings (SSSR count). The van der Waals surface area contributed by atoms with Crippen molar-refractivity contribution in [3.63, 3.8) is 0 Å². The lowest BCUT2D eigenvalue weighted by molar-refractivity contribution is 0.669. The van der Waals surface area contributed by atoms with Gasteiger partial charge in [0.1, 0.15) is 11.2 Å². The first-order chi connectivity index (χ1) is 30.7. The van der Waals surface area contributed by atoms with Gasteiger partial charge in [-0.2, -0.15) is 0 Å². The quantitative estimate of drug-likeness (QED) is 0.161. The maximum atomic E-state index is 6.86. The van der Waals surface area contributed by atoms with Crippen molar-refractivity contribution < 1.29 is 4.42 Å². The molecule has 0 bridgehead atoms. The fourth-order valence-corrected chi connectivity index (χ4v) is 8.99. The van der Waals surface area contributed by atoms with E-state index in [1.807, 2.05) is 42.5 Å². The normalized spacial score (nSPS) is 11.5. The zero-order valence-electron chi connectivity index (χ0n) is 33.5. The van der Waals surface area contributed by atoms with Crippen LogP contribution in [0.25, 0.3) is 117 Å². The summed E-state index contributed by atoms with van der Waals surface area (Å²) in [7, 11) is 0. The van der Waals surface area contributed by atoms with Crippen LogP contribution in [0.5, 0.6) is 0 Å². The first kappa shape index (κ1) is 35.5. The van der Waals surface area contributed by atoms with Gasteiger partial charge in [0, 0.05) is 38.2 Å². The third-order valence-electron chi connectivity index (χ3n) is 11.9. The molecule has 0 atom stereocenters. The molecule has 0 N–H and O–H groups in total. The second-order valence-corrected chi connectivity index (χ2v) is 15.5. The fraction of sp³-hybridized carbons (Fsp3) is 0. The molecule has 0 aliphatic heterocycles. The summed E-state index contributed by atoms with van der Waals surface area (Å²) in [5, 5.41) is 4.49. The topological polar surface area (TPSA) is 56.7 Å². The highest BCUT2D eigenvalue weighted by Gasteiger charge is 2.22. The molecular weight excluding hydrogens is 757 g/mol. The van der Waals surface area contributed by atoms with Crippen LogP contribution in [0, 0.1) is 0 Å². The predicted octanol–water partition coefficient (Wildman–Crippen LogP) is 14.9. The average molecular weight is 793 g/mol. The van der Waals surface area contributed by atoms with Crippen LogP contribution in [0.4, 0.5) is 0 Å². The van der Waals surface area contributed by atoms with E-state index in [1.165, 1.54) is 32.9 Å². The van der Waals surface area contributed by atoms with Crippen molar-refractivity contribution >= 4 is 43.7 Å². The second-order valence-electron chi connectivity index (χ2n) is 15.5. The highest BCUT2D eigenvalue weighted by molar-refractivity contribution is 6.16. The van der Waals surface area contributed by atoms with Gasteiger partial charge in [0.2, 0.25) is 0 Å². The molecule has 12 aromatic rings. The molecule has 5 nitrogen and oxygen atoms in total. The maximum Gasteiger partial charge on any atom is 0.167 e. The van der Waals surface area contributed by atoms with Gasteiger partial charge in [-0.25, -0.2) is 15.0 Å². The van der Waals surface area contributed by atoms with Gasteiger partial charge in [0.25, 0.3) is 0 Å². The van der Waals surface area contributed by atoms with Gasteiger partial charge in [-0.1, -0.05) is 182 Å². The van der Waals surface area contributed by atoms with Crippen LogP contribution < -0.4 is 0 Å². The summed E-state index contributed by atoms with van der Waals surface area (Å²) >= 11 is 0. The van der Waals surface area contributed by atoms with Gasteiger partial charge in [-0.15, -0.1) is 0 Å². The maximum absolute atomic E-state index is 6.86. The predicted molar refractivity (Wildman–Crippen MR) is 254 cm³/mol. The van der Waals surface area contributed by atoms with Crippen LogP contribution in [-0.2, 0) is 0 Å². The number of benzene rings is 9. The van der Waals surface area contributed by atoms with E-state index in [1.54, 1.807) is 0 Å². The van der Waals surface area contributed by atoms with Crippen LogP contribution in [0.2, 0.25) is 0 Å². The Kier molecular flexibility index (Phi) is 8.42. The number of furan rings is 1. The molecule has 3 aromatic heterocycles. The molecule has 0 radical (unpaired) electrons. The molecule has 290 valence electrons. The number of para-hydroxylation sites is 4. The third kappa shape index (κ3) is 5.98. The number of hydrogen-bond donors (Lipinski definition) is 0. The third-order valence-corrected chi connectivity index (χ3v) is 11.9. The number of aromatic nitrogens is 4. The second kappa shape index (κ2) is 14.7. The van der Waals surface area contributed by atoms with Crippen LogP contribution in [0.15, 0.2) is 223 Å². The minimum atomic E-state index is 0.547. The lowest BCUT2D eigenvalue weighted by atomic mass is 9.97. The molecule has 0 unspecified atom stereocenters. The van der Waals surface area contributed by atoms with Gasteiger partial charge in [-0.3, -0.25) is 0 Å². The van der Waals surface area contributed by atoms with Crippen molar-refractivity contribution in [2.24, 2.45) is 0 Å². The van der Waals surface area contributed by atoms with Crippen molar-refractivity contribution in [3.8, 4) is 73.2 Å².